The molecule has 0 saturated carbocycles. The van der Waals surface area contributed by atoms with Crippen LogP contribution in [0.4, 0.5) is 0 Å². The molecular formula is C15H21N3O. The molecule has 2 N–H and O–H groups in total. The number of hydrogen-bond acceptors (Lipinski definition) is 4. The molecule has 0 radical (unpaired) electrons. The first-order chi connectivity index (χ1) is 8.88. The predicted octanol–water partition coefficient (Wildman–Crippen LogP) is 3.01. The molecule has 0 amide bonds. The van der Waals surface area contributed by atoms with Crippen molar-refractivity contribution in [2.45, 2.75) is 40.2 Å². The summed E-state index contributed by atoms with van der Waals surface area (Å²) < 4.78 is 5.28. The second-order valence-corrected chi connectivity index (χ2v) is 6.00. The first-order valence-electron chi connectivity index (χ1n) is 6.50. The van der Waals surface area contributed by atoms with Crippen molar-refractivity contribution in [2.75, 3.05) is 0 Å². The van der Waals surface area contributed by atoms with Gasteiger partial charge in [-0.1, -0.05) is 50.2 Å². The minimum atomic E-state index is -0.245. The highest BCUT2D eigenvalue weighted by Gasteiger charge is 2.27. The average molecular weight is 259 g/mol. The maximum atomic E-state index is 6.11. The predicted molar refractivity (Wildman–Crippen MR) is 74.7 cm³/mol. The van der Waals surface area contributed by atoms with E-state index < -0.39 is 0 Å². The van der Waals surface area contributed by atoms with E-state index >= 15 is 0 Å². The Labute approximate surface area is 114 Å². The normalized spacial score (nSPS) is 13.5. The first-order valence-corrected chi connectivity index (χ1v) is 6.50. The van der Waals surface area contributed by atoms with Crippen molar-refractivity contribution in [3.63, 3.8) is 0 Å². The Kier molecular flexibility index (Phi) is 3.71. The van der Waals surface area contributed by atoms with Gasteiger partial charge < -0.3 is 10.3 Å². The molecule has 0 spiro atoms. The largest absolute Gasteiger partial charge is 0.338 e. The van der Waals surface area contributed by atoms with Gasteiger partial charge in [0.2, 0.25) is 5.89 Å². The molecule has 4 heteroatoms. The summed E-state index contributed by atoms with van der Waals surface area (Å²) in [6.07, 6.45) is 0.674. The van der Waals surface area contributed by atoms with Crippen LogP contribution in [0.25, 0.3) is 0 Å². The van der Waals surface area contributed by atoms with Gasteiger partial charge in [-0.25, -0.2) is 0 Å². The molecule has 0 aliphatic heterocycles. The van der Waals surface area contributed by atoms with Gasteiger partial charge in [0.25, 0.3) is 0 Å². The molecule has 0 fully saturated rings. The highest BCUT2D eigenvalue weighted by Crippen LogP contribution is 2.29. The second-order valence-electron chi connectivity index (χ2n) is 6.00. The molecule has 0 saturated heterocycles. The summed E-state index contributed by atoms with van der Waals surface area (Å²) >= 11 is 0. The van der Waals surface area contributed by atoms with E-state index in [4.69, 9.17) is 10.3 Å². The van der Waals surface area contributed by atoms with Gasteiger partial charge in [0.15, 0.2) is 5.82 Å². The lowest BCUT2D eigenvalue weighted by Crippen LogP contribution is -2.26. The van der Waals surface area contributed by atoms with E-state index in [2.05, 4.69) is 50.0 Å². The fourth-order valence-corrected chi connectivity index (χ4v) is 1.81. The fraction of sp³-hybridized carbons (Fsp3) is 0.467. The van der Waals surface area contributed by atoms with Crippen LogP contribution in [0.15, 0.2) is 28.8 Å². The third-order valence-corrected chi connectivity index (χ3v) is 3.29. The Hall–Kier alpha value is -1.68. The third-order valence-electron chi connectivity index (χ3n) is 3.29. The summed E-state index contributed by atoms with van der Waals surface area (Å²) in [5.74, 6) is 1.19. The SMILES string of the molecule is Cc1ccccc1Cc1noc([C@H](N)C(C)(C)C)n1. The quantitative estimate of drug-likeness (QED) is 0.920. The van der Waals surface area contributed by atoms with Crippen molar-refractivity contribution in [3.8, 4) is 0 Å². The monoisotopic (exact) mass is 259 g/mol. The van der Waals surface area contributed by atoms with Crippen molar-refractivity contribution < 1.29 is 4.52 Å². The number of rotatable bonds is 3. The van der Waals surface area contributed by atoms with Crippen LogP contribution in [0.1, 0.15) is 49.7 Å². The first kappa shape index (κ1) is 13.7. The lowest BCUT2D eigenvalue weighted by molar-refractivity contribution is 0.252. The number of aromatic nitrogens is 2. The van der Waals surface area contributed by atoms with Crippen molar-refractivity contribution in [2.24, 2.45) is 11.1 Å². The van der Waals surface area contributed by atoms with Crippen LogP contribution in [0.3, 0.4) is 0 Å². The smallest absolute Gasteiger partial charge is 0.244 e. The summed E-state index contributed by atoms with van der Waals surface area (Å²) in [6.45, 7) is 8.26. The maximum Gasteiger partial charge on any atom is 0.244 e. The van der Waals surface area contributed by atoms with E-state index in [1.54, 1.807) is 0 Å². The molecule has 0 unspecified atom stereocenters. The minimum absolute atomic E-state index is 0.0908. The van der Waals surface area contributed by atoms with E-state index in [1.807, 2.05) is 12.1 Å². The zero-order valence-corrected chi connectivity index (χ0v) is 12.0. The van der Waals surface area contributed by atoms with Gasteiger partial charge in [0, 0.05) is 6.42 Å². The standard InChI is InChI=1S/C15H21N3O/c1-10-7-5-6-8-11(10)9-12-17-14(19-18-12)13(16)15(2,3)4/h5-8,13H,9,16H2,1-4H3/t13-/m0/s1. The highest BCUT2D eigenvalue weighted by atomic mass is 16.5. The van der Waals surface area contributed by atoms with Crippen LogP contribution >= 0.6 is 0 Å². The lowest BCUT2D eigenvalue weighted by atomic mass is 9.87. The second kappa shape index (κ2) is 5.13. The van der Waals surface area contributed by atoms with Crippen LogP contribution in [-0.4, -0.2) is 10.1 Å². The van der Waals surface area contributed by atoms with E-state index in [1.165, 1.54) is 11.1 Å². The maximum absolute atomic E-state index is 6.11. The molecule has 4 nitrogen and oxygen atoms in total. The summed E-state index contributed by atoms with van der Waals surface area (Å²) in [4.78, 5) is 4.41. The summed E-state index contributed by atoms with van der Waals surface area (Å²) in [6, 6.07) is 7.96. The van der Waals surface area contributed by atoms with E-state index in [-0.39, 0.29) is 11.5 Å². The molecule has 2 aromatic rings. The molecule has 19 heavy (non-hydrogen) atoms. The molecular weight excluding hydrogens is 238 g/mol. The van der Waals surface area contributed by atoms with Crippen LogP contribution in [-0.2, 0) is 6.42 Å². The Morgan fingerprint density at radius 3 is 2.58 bits per heavy atom. The van der Waals surface area contributed by atoms with Crippen molar-refractivity contribution in [1.29, 1.82) is 0 Å². The summed E-state index contributed by atoms with van der Waals surface area (Å²) in [5, 5.41) is 4.02. The minimum Gasteiger partial charge on any atom is -0.338 e. The van der Waals surface area contributed by atoms with Gasteiger partial charge in [-0.3, -0.25) is 0 Å². The number of aryl methyl sites for hydroxylation is 1. The third kappa shape index (κ3) is 3.20. The number of nitrogens with two attached hydrogens (primary N) is 1. The highest BCUT2D eigenvalue weighted by molar-refractivity contribution is 5.28. The fourth-order valence-electron chi connectivity index (χ4n) is 1.81. The molecule has 1 aromatic carbocycles. The van der Waals surface area contributed by atoms with E-state index in [9.17, 15) is 0 Å². The Bertz CT molecular complexity index is 555. The zero-order chi connectivity index (χ0) is 14.0. The molecule has 0 aliphatic rings. The van der Waals surface area contributed by atoms with Crippen LogP contribution in [0.2, 0.25) is 0 Å². The van der Waals surface area contributed by atoms with E-state index in [0.717, 1.165) is 0 Å². The molecule has 2 rings (SSSR count). The van der Waals surface area contributed by atoms with Crippen molar-refractivity contribution in [3.05, 3.63) is 47.1 Å². The van der Waals surface area contributed by atoms with Gasteiger partial charge in [-0.15, -0.1) is 0 Å². The molecule has 1 aromatic heterocycles. The van der Waals surface area contributed by atoms with Gasteiger partial charge in [0.1, 0.15) is 0 Å². The zero-order valence-electron chi connectivity index (χ0n) is 12.0. The molecule has 1 atom stereocenters. The number of benzene rings is 1. The Balaban J connectivity index is 2.16. The topological polar surface area (TPSA) is 64.9 Å². The summed E-state index contributed by atoms with van der Waals surface area (Å²) in [7, 11) is 0. The Morgan fingerprint density at radius 2 is 1.95 bits per heavy atom. The van der Waals surface area contributed by atoms with Gasteiger partial charge in [0.05, 0.1) is 6.04 Å². The van der Waals surface area contributed by atoms with Gasteiger partial charge in [-0.05, 0) is 23.5 Å². The average Bonchev–Trinajstić information content (AvgIpc) is 2.78. The molecule has 102 valence electrons. The molecule has 0 bridgehead atoms. The summed E-state index contributed by atoms with van der Waals surface area (Å²) in [5.41, 5.74) is 8.46. The molecule has 0 aliphatic carbocycles. The van der Waals surface area contributed by atoms with Gasteiger partial charge >= 0.3 is 0 Å². The van der Waals surface area contributed by atoms with Crippen molar-refractivity contribution in [1.82, 2.24) is 10.1 Å². The van der Waals surface area contributed by atoms with E-state index in [0.29, 0.717) is 18.1 Å². The Morgan fingerprint density at radius 1 is 1.26 bits per heavy atom. The number of hydrogen-bond donors (Lipinski definition) is 1. The van der Waals surface area contributed by atoms with Crippen LogP contribution in [0, 0.1) is 12.3 Å². The molecule has 1 heterocycles. The van der Waals surface area contributed by atoms with Crippen LogP contribution < -0.4 is 5.73 Å². The van der Waals surface area contributed by atoms with Gasteiger partial charge in [-0.2, -0.15) is 4.98 Å². The number of nitrogens with zero attached hydrogens (tertiary/aromatic N) is 2. The van der Waals surface area contributed by atoms with Crippen LogP contribution in [0.5, 0.6) is 0 Å². The lowest BCUT2D eigenvalue weighted by Gasteiger charge is -2.23. The van der Waals surface area contributed by atoms with Crippen molar-refractivity contribution >= 4 is 0 Å².